The number of alkyl halides is 3. The normalized spacial score (nSPS) is 11.5. The molecule has 0 aliphatic carbocycles. The molecule has 2 rings (SSSR count). The summed E-state index contributed by atoms with van der Waals surface area (Å²) in [6.45, 7) is 2.73. The van der Waals surface area contributed by atoms with E-state index in [-0.39, 0.29) is 11.6 Å². The summed E-state index contributed by atoms with van der Waals surface area (Å²) in [4.78, 5) is 5.91. The quantitative estimate of drug-likeness (QED) is 0.912. The van der Waals surface area contributed by atoms with Gasteiger partial charge in [-0.25, -0.2) is 4.98 Å². The third-order valence-electron chi connectivity index (χ3n) is 3.03. The van der Waals surface area contributed by atoms with Gasteiger partial charge in [-0.15, -0.1) is 0 Å². The number of hydrogen-bond acceptors (Lipinski definition) is 4. The zero-order valence-corrected chi connectivity index (χ0v) is 11.7. The number of hydrogen-bond donors (Lipinski definition) is 1. The lowest BCUT2D eigenvalue weighted by Crippen LogP contribution is -2.24. The molecule has 0 bridgehead atoms. The van der Waals surface area contributed by atoms with Crippen LogP contribution >= 0.6 is 0 Å². The molecule has 2 aromatic heterocycles. The maximum absolute atomic E-state index is 12.9. The first-order valence-corrected chi connectivity index (χ1v) is 6.48. The van der Waals surface area contributed by atoms with Gasteiger partial charge in [0.2, 0.25) is 0 Å². The highest BCUT2D eigenvalue weighted by molar-refractivity contribution is 5.51. The van der Waals surface area contributed by atoms with Crippen molar-refractivity contribution in [3.63, 3.8) is 0 Å². The van der Waals surface area contributed by atoms with Gasteiger partial charge in [-0.05, 0) is 31.2 Å². The van der Waals surface area contributed by atoms with Gasteiger partial charge in [0.05, 0.1) is 18.4 Å². The Hall–Kier alpha value is -2.18. The highest BCUT2D eigenvalue weighted by Gasteiger charge is 2.32. The van der Waals surface area contributed by atoms with E-state index in [9.17, 15) is 13.2 Å². The van der Waals surface area contributed by atoms with E-state index >= 15 is 0 Å². The van der Waals surface area contributed by atoms with Crippen molar-refractivity contribution in [1.29, 1.82) is 0 Å². The van der Waals surface area contributed by atoms with Crippen LogP contribution in [0.1, 0.15) is 18.2 Å². The number of furan rings is 1. The molecule has 2 heterocycles. The second-order valence-electron chi connectivity index (χ2n) is 4.44. The van der Waals surface area contributed by atoms with E-state index in [4.69, 9.17) is 4.42 Å². The zero-order valence-electron chi connectivity index (χ0n) is 11.7. The summed E-state index contributed by atoms with van der Waals surface area (Å²) in [7, 11) is 1.54. The van der Waals surface area contributed by atoms with Gasteiger partial charge in [0.1, 0.15) is 17.4 Å². The molecule has 7 heteroatoms. The molecule has 0 saturated heterocycles. The van der Waals surface area contributed by atoms with E-state index < -0.39 is 11.7 Å². The average Bonchev–Trinajstić information content (AvgIpc) is 2.96. The van der Waals surface area contributed by atoms with Gasteiger partial charge >= 0.3 is 6.18 Å². The molecule has 21 heavy (non-hydrogen) atoms. The van der Waals surface area contributed by atoms with Crippen molar-refractivity contribution in [2.45, 2.75) is 19.6 Å². The molecule has 0 saturated carbocycles. The summed E-state index contributed by atoms with van der Waals surface area (Å²) in [5.41, 5.74) is -0.727. The minimum atomic E-state index is -4.41. The molecule has 0 spiro atoms. The Labute approximate surface area is 120 Å². The molecular weight excluding hydrogens is 283 g/mol. The minimum Gasteiger partial charge on any atom is -0.467 e. The molecule has 0 amide bonds. The third-order valence-corrected chi connectivity index (χ3v) is 3.03. The van der Waals surface area contributed by atoms with Crippen molar-refractivity contribution in [2.75, 3.05) is 23.8 Å². The Bertz CT molecular complexity index is 582. The number of halogens is 3. The minimum absolute atomic E-state index is 0.178. The Morgan fingerprint density at radius 3 is 2.62 bits per heavy atom. The van der Waals surface area contributed by atoms with Crippen LogP contribution in [0.25, 0.3) is 0 Å². The lowest BCUT2D eigenvalue weighted by Gasteiger charge is -2.22. The fourth-order valence-electron chi connectivity index (χ4n) is 1.92. The van der Waals surface area contributed by atoms with Crippen molar-refractivity contribution >= 4 is 11.6 Å². The van der Waals surface area contributed by atoms with Gasteiger partial charge in [0.15, 0.2) is 0 Å². The lowest BCUT2D eigenvalue weighted by molar-refractivity contribution is -0.137. The molecule has 0 atom stereocenters. The van der Waals surface area contributed by atoms with Gasteiger partial charge in [-0.1, -0.05) is 0 Å². The first kappa shape index (κ1) is 15.2. The van der Waals surface area contributed by atoms with E-state index in [0.717, 1.165) is 12.1 Å². The van der Waals surface area contributed by atoms with Crippen LogP contribution in [0.4, 0.5) is 24.8 Å². The number of nitrogens with one attached hydrogen (secondary N) is 1. The highest BCUT2D eigenvalue weighted by Crippen LogP contribution is 2.33. The van der Waals surface area contributed by atoms with Crippen LogP contribution in [-0.4, -0.2) is 18.6 Å². The Balaban J connectivity index is 2.35. The predicted molar refractivity (Wildman–Crippen MR) is 74.2 cm³/mol. The monoisotopic (exact) mass is 299 g/mol. The SMILES string of the molecule is CCN(Cc1ccco1)c1cc(C(F)(F)F)cc(NC)n1. The van der Waals surface area contributed by atoms with Crippen molar-refractivity contribution in [1.82, 2.24) is 4.98 Å². The first-order valence-electron chi connectivity index (χ1n) is 6.48. The van der Waals surface area contributed by atoms with Crippen LogP contribution in [0.3, 0.4) is 0 Å². The summed E-state index contributed by atoms with van der Waals surface area (Å²) in [5, 5.41) is 2.66. The Kier molecular flexibility index (Phi) is 4.40. The van der Waals surface area contributed by atoms with Crippen LogP contribution in [-0.2, 0) is 12.7 Å². The van der Waals surface area contributed by atoms with E-state index in [2.05, 4.69) is 10.3 Å². The molecule has 0 radical (unpaired) electrons. The number of pyridine rings is 1. The second kappa shape index (κ2) is 6.07. The topological polar surface area (TPSA) is 41.3 Å². The average molecular weight is 299 g/mol. The fraction of sp³-hybridized carbons (Fsp3) is 0.357. The Morgan fingerprint density at radius 2 is 2.10 bits per heavy atom. The number of aromatic nitrogens is 1. The predicted octanol–water partition coefficient (Wildman–Crippen LogP) is 3.76. The maximum Gasteiger partial charge on any atom is 0.416 e. The number of anilines is 2. The molecule has 0 aliphatic rings. The smallest absolute Gasteiger partial charge is 0.416 e. The van der Waals surface area contributed by atoms with E-state index in [0.29, 0.717) is 18.8 Å². The van der Waals surface area contributed by atoms with Crippen LogP contribution in [0.2, 0.25) is 0 Å². The van der Waals surface area contributed by atoms with Crippen molar-refractivity contribution in [2.24, 2.45) is 0 Å². The van der Waals surface area contributed by atoms with Gasteiger partial charge in [0, 0.05) is 13.6 Å². The fourth-order valence-corrected chi connectivity index (χ4v) is 1.92. The van der Waals surface area contributed by atoms with Crippen molar-refractivity contribution in [3.8, 4) is 0 Å². The molecular formula is C14H16F3N3O. The largest absolute Gasteiger partial charge is 0.467 e. The molecule has 114 valence electrons. The second-order valence-corrected chi connectivity index (χ2v) is 4.44. The van der Waals surface area contributed by atoms with E-state index in [1.165, 1.54) is 13.3 Å². The molecule has 0 aromatic carbocycles. The summed E-state index contributed by atoms with van der Waals surface area (Å²) in [5.74, 6) is 1.10. The maximum atomic E-state index is 12.9. The van der Waals surface area contributed by atoms with E-state index in [1.54, 1.807) is 17.0 Å². The molecule has 2 aromatic rings. The number of nitrogens with zero attached hydrogens (tertiary/aromatic N) is 2. The third kappa shape index (κ3) is 3.68. The van der Waals surface area contributed by atoms with Crippen molar-refractivity contribution < 1.29 is 17.6 Å². The van der Waals surface area contributed by atoms with Gasteiger partial charge in [-0.2, -0.15) is 13.2 Å². The molecule has 4 nitrogen and oxygen atoms in total. The molecule has 1 N–H and O–H groups in total. The van der Waals surface area contributed by atoms with Gasteiger partial charge in [-0.3, -0.25) is 0 Å². The molecule has 0 unspecified atom stereocenters. The van der Waals surface area contributed by atoms with Gasteiger partial charge in [0.25, 0.3) is 0 Å². The Morgan fingerprint density at radius 1 is 1.33 bits per heavy atom. The van der Waals surface area contributed by atoms with Crippen LogP contribution < -0.4 is 10.2 Å². The van der Waals surface area contributed by atoms with Crippen LogP contribution in [0.15, 0.2) is 34.9 Å². The number of rotatable bonds is 5. The molecule has 0 aliphatic heterocycles. The summed E-state index contributed by atoms with van der Waals surface area (Å²) in [6.07, 6.45) is -2.88. The summed E-state index contributed by atoms with van der Waals surface area (Å²) < 4.78 is 44.0. The van der Waals surface area contributed by atoms with Crippen LogP contribution in [0.5, 0.6) is 0 Å². The zero-order chi connectivity index (χ0) is 15.5. The standard InChI is InChI=1S/C14H16F3N3O/c1-3-20(9-11-5-4-6-21-11)13-8-10(14(15,16)17)7-12(18-2)19-13/h4-8H,3,9H2,1-2H3,(H,18,19). The van der Waals surface area contributed by atoms with E-state index in [1.807, 2.05) is 6.92 Å². The van der Waals surface area contributed by atoms with Crippen LogP contribution in [0, 0.1) is 0 Å². The van der Waals surface area contributed by atoms with Crippen molar-refractivity contribution in [3.05, 3.63) is 41.9 Å². The summed E-state index contributed by atoms with van der Waals surface area (Å²) >= 11 is 0. The highest BCUT2D eigenvalue weighted by atomic mass is 19.4. The van der Waals surface area contributed by atoms with Gasteiger partial charge < -0.3 is 14.6 Å². The molecule has 0 fully saturated rings. The first-order chi connectivity index (χ1) is 9.94. The summed E-state index contributed by atoms with van der Waals surface area (Å²) in [6, 6.07) is 5.55. The lowest BCUT2D eigenvalue weighted by atomic mass is 10.2.